The molecule has 1 aliphatic carbocycles. The number of hydrogen-bond donors (Lipinski definition) is 0. The average Bonchev–Trinajstić information content (AvgIpc) is 2.56. The van der Waals surface area contributed by atoms with E-state index in [0.29, 0.717) is 5.41 Å². The molecule has 1 aromatic rings. The predicted octanol–water partition coefficient (Wildman–Crippen LogP) is 4.92. The van der Waals surface area contributed by atoms with Gasteiger partial charge in [-0.15, -0.1) is 0 Å². The number of nitrogens with zero attached hydrogens (tertiary/aromatic N) is 1. The molecule has 2 heteroatoms. The van der Waals surface area contributed by atoms with Gasteiger partial charge in [0.15, 0.2) is 0 Å². The van der Waals surface area contributed by atoms with Gasteiger partial charge in [0.05, 0.1) is 0 Å². The van der Waals surface area contributed by atoms with Crippen LogP contribution in [-0.4, -0.2) is 13.1 Å². The Balaban J connectivity index is 1.68. The predicted molar refractivity (Wildman–Crippen MR) is 81.2 cm³/mol. The molecule has 1 heterocycles. The van der Waals surface area contributed by atoms with Crippen molar-refractivity contribution in [1.29, 1.82) is 0 Å². The molecule has 1 spiro atoms. The van der Waals surface area contributed by atoms with Crippen molar-refractivity contribution in [3.05, 3.63) is 28.2 Å². The van der Waals surface area contributed by atoms with E-state index in [9.17, 15) is 0 Å². The van der Waals surface area contributed by atoms with Crippen molar-refractivity contribution in [2.45, 2.75) is 45.4 Å². The van der Waals surface area contributed by atoms with Gasteiger partial charge >= 0.3 is 0 Å². The lowest BCUT2D eigenvalue weighted by molar-refractivity contribution is 0.180. The van der Waals surface area contributed by atoms with Gasteiger partial charge in [0.1, 0.15) is 0 Å². The first kappa shape index (κ1) is 12.5. The van der Waals surface area contributed by atoms with Gasteiger partial charge in [0.25, 0.3) is 0 Å². The summed E-state index contributed by atoms with van der Waals surface area (Å²) >= 11 is 3.58. The maximum atomic E-state index is 3.58. The van der Waals surface area contributed by atoms with E-state index in [1.807, 2.05) is 0 Å². The summed E-state index contributed by atoms with van der Waals surface area (Å²) in [6.07, 6.45) is 8.73. The Bertz CT molecular complexity index is 425. The van der Waals surface area contributed by atoms with Gasteiger partial charge in [-0.05, 0) is 43.5 Å². The van der Waals surface area contributed by atoms with E-state index >= 15 is 0 Å². The lowest BCUT2D eigenvalue weighted by Gasteiger charge is -2.51. The quantitative estimate of drug-likeness (QED) is 0.712. The topological polar surface area (TPSA) is 3.24 Å². The Morgan fingerprint density at radius 3 is 2.33 bits per heavy atom. The summed E-state index contributed by atoms with van der Waals surface area (Å²) in [5.41, 5.74) is 3.41. The first-order chi connectivity index (χ1) is 8.69. The highest BCUT2D eigenvalue weighted by atomic mass is 79.9. The largest absolute Gasteiger partial charge is 0.370 e. The minimum absolute atomic E-state index is 0.664. The Morgan fingerprint density at radius 1 is 1.06 bits per heavy atom. The fourth-order valence-electron chi connectivity index (χ4n) is 3.57. The molecule has 1 aliphatic heterocycles. The van der Waals surface area contributed by atoms with Crippen LogP contribution in [0.1, 0.15) is 44.1 Å². The molecular weight excluding hydrogens is 286 g/mol. The van der Waals surface area contributed by atoms with Crippen LogP contribution in [0.15, 0.2) is 22.7 Å². The molecule has 0 unspecified atom stereocenters. The number of aryl methyl sites for hydroxylation is 1. The molecule has 98 valence electrons. The SMILES string of the molecule is Cc1cc(N2CC3(CCCCCC3)C2)ccc1Br. The Hall–Kier alpha value is -0.500. The molecule has 0 bridgehead atoms. The zero-order valence-corrected chi connectivity index (χ0v) is 12.8. The molecule has 0 atom stereocenters. The summed E-state index contributed by atoms with van der Waals surface area (Å²) in [5.74, 6) is 0. The fraction of sp³-hybridized carbons (Fsp3) is 0.625. The summed E-state index contributed by atoms with van der Waals surface area (Å²) in [7, 11) is 0. The molecule has 1 saturated carbocycles. The smallest absolute Gasteiger partial charge is 0.0370 e. The van der Waals surface area contributed by atoms with Crippen molar-refractivity contribution >= 4 is 21.6 Å². The minimum atomic E-state index is 0.664. The van der Waals surface area contributed by atoms with Crippen LogP contribution in [-0.2, 0) is 0 Å². The highest BCUT2D eigenvalue weighted by Crippen LogP contribution is 2.44. The number of rotatable bonds is 1. The first-order valence-corrected chi connectivity index (χ1v) is 7.99. The fourth-order valence-corrected chi connectivity index (χ4v) is 3.81. The molecule has 3 rings (SSSR count). The standard InChI is InChI=1S/C16H22BrN/c1-13-10-14(6-7-15(13)17)18-11-16(12-18)8-4-2-3-5-9-16/h6-7,10H,2-5,8-9,11-12H2,1H3. The van der Waals surface area contributed by atoms with Gasteiger partial charge in [-0.1, -0.05) is 41.6 Å². The molecule has 1 saturated heterocycles. The molecule has 1 aromatic carbocycles. The van der Waals surface area contributed by atoms with Crippen molar-refractivity contribution < 1.29 is 0 Å². The van der Waals surface area contributed by atoms with E-state index in [1.54, 1.807) is 0 Å². The molecule has 0 radical (unpaired) electrons. The highest BCUT2D eigenvalue weighted by molar-refractivity contribution is 9.10. The van der Waals surface area contributed by atoms with E-state index < -0.39 is 0 Å². The van der Waals surface area contributed by atoms with Crippen molar-refractivity contribution in [3.8, 4) is 0 Å². The van der Waals surface area contributed by atoms with E-state index in [-0.39, 0.29) is 0 Å². The van der Waals surface area contributed by atoms with Crippen LogP contribution in [0.2, 0.25) is 0 Å². The summed E-state index contributed by atoms with van der Waals surface area (Å²) < 4.78 is 1.22. The summed E-state index contributed by atoms with van der Waals surface area (Å²) in [5, 5.41) is 0. The third-order valence-corrected chi connectivity index (χ3v) is 5.61. The van der Waals surface area contributed by atoms with Crippen LogP contribution in [0.4, 0.5) is 5.69 Å². The maximum Gasteiger partial charge on any atom is 0.0370 e. The van der Waals surface area contributed by atoms with Gasteiger partial charge in [0.2, 0.25) is 0 Å². The van der Waals surface area contributed by atoms with Crippen LogP contribution in [0.5, 0.6) is 0 Å². The van der Waals surface area contributed by atoms with Crippen LogP contribution in [0.3, 0.4) is 0 Å². The molecule has 0 amide bonds. The second-order valence-electron chi connectivity index (χ2n) is 6.20. The Kier molecular flexibility index (Phi) is 3.40. The third kappa shape index (κ3) is 2.32. The average molecular weight is 308 g/mol. The number of halogens is 1. The molecule has 2 aliphatic rings. The highest BCUT2D eigenvalue weighted by Gasteiger charge is 2.42. The zero-order chi connectivity index (χ0) is 12.6. The molecule has 2 fully saturated rings. The summed E-state index contributed by atoms with van der Waals surface area (Å²) in [6.45, 7) is 4.75. The molecule has 18 heavy (non-hydrogen) atoms. The zero-order valence-electron chi connectivity index (χ0n) is 11.2. The lowest BCUT2D eigenvalue weighted by atomic mass is 9.73. The summed E-state index contributed by atoms with van der Waals surface area (Å²) in [4.78, 5) is 2.56. The maximum absolute atomic E-state index is 3.58. The third-order valence-electron chi connectivity index (χ3n) is 4.72. The van der Waals surface area contributed by atoms with E-state index in [4.69, 9.17) is 0 Å². The molecular formula is C16H22BrN. The van der Waals surface area contributed by atoms with Crippen molar-refractivity contribution in [1.82, 2.24) is 0 Å². The monoisotopic (exact) mass is 307 g/mol. The van der Waals surface area contributed by atoms with Crippen LogP contribution < -0.4 is 4.90 Å². The molecule has 0 N–H and O–H groups in total. The van der Waals surface area contributed by atoms with Gasteiger partial charge in [-0.2, -0.15) is 0 Å². The first-order valence-electron chi connectivity index (χ1n) is 7.20. The number of benzene rings is 1. The van der Waals surface area contributed by atoms with Gasteiger partial charge in [0, 0.05) is 28.7 Å². The van der Waals surface area contributed by atoms with Crippen LogP contribution >= 0.6 is 15.9 Å². The molecule has 1 nitrogen and oxygen atoms in total. The van der Waals surface area contributed by atoms with Crippen LogP contribution in [0, 0.1) is 12.3 Å². The Labute approximate surface area is 119 Å². The van der Waals surface area contributed by atoms with Crippen molar-refractivity contribution in [2.24, 2.45) is 5.41 Å². The second-order valence-corrected chi connectivity index (χ2v) is 7.06. The lowest BCUT2D eigenvalue weighted by Crippen LogP contribution is -2.56. The molecule has 0 aromatic heterocycles. The van der Waals surface area contributed by atoms with Gasteiger partial charge in [-0.25, -0.2) is 0 Å². The van der Waals surface area contributed by atoms with Crippen molar-refractivity contribution in [3.63, 3.8) is 0 Å². The Morgan fingerprint density at radius 2 is 1.72 bits per heavy atom. The van der Waals surface area contributed by atoms with Gasteiger partial charge < -0.3 is 4.90 Å². The van der Waals surface area contributed by atoms with Crippen molar-refractivity contribution in [2.75, 3.05) is 18.0 Å². The summed E-state index contributed by atoms with van der Waals surface area (Å²) in [6, 6.07) is 6.75. The number of anilines is 1. The minimum Gasteiger partial charge on any atom is -0.370 e. The second kappa shape index (κ2) is 4.88. The van der Waals surface area contributed by atoms with E-state index in [0.717, 1.165) is 0 Å². The normalized spacial score (nSPS) is 22.7. The van der Waals surface area contributed by atoms with E-state index in [2.05, 4.69) is 46.0 Å². The number of hydrogen-bond acceptors (Lipinski definition) is 1. The van der Waals surface area contributed by atoms with Gasteiger partial charge in [-0.3, -0.25) is 0 Å². The van der Waals surface area contributed by atoms with Crippen LogP contribution in [0.25, 0.3) is 0 Å². The van der Waals surface area contributed by atoms with E-state index in [1.165, 1.54) is 67.3 Å².